The van der Waals surface area contributed by atoms with Gasteiger partial charge in [-0.2, -0.15) is 0 Å². The maximum absolute atomic E-state index is 12.7. The fourth-order valence-corrected chi connectivity index (χ4v) is 4.47. The van der Waals surface area contributed by atoms with Crippen LogP contribution in [0.25, 0.3) is 21.3 Å². The van der Waals surface area contributed by atoms with Crippen LogP contribution in [0.15, 0.2) is 60.0 Å². The van der Waals surface area contributed by atoms with E-state index in [4.69, 9.17) is 9.84 Å². The lowest BCUT2D eigenvalue weighted by Gasteiger charge is -2.09. The molecule has 0 aliphatic carbocycles. The number of hydrogen-bond acceptors (Lipinski definition) is 7. The summed E-state index contributed by atoms with van der Waals surface area (Å²) >= 11 is 1.64. The Kier molecular flexibility index (Phi) is 6.67. The largest absolute Gasteiger partial charge is 0.504 e. The average molecular weight is 463 g/mol. The number of benzene rings is 2. The summed E-state index contributed by atoms with van der Waals surface area (Å²) in [5.74, 6) is -0.903. The number of thiophene rings is 1. The second kappa shape index (κ2) is 9.81. The highest BCUT2D eigenvalue weighted by atomic mass is 32.1. The van der Waals surface area contributed by atoms with Crippen molar-refractivity contribution < 1.29 is 24.5 Å². The number of phenols is 1. The number of aliphatic hydroxyl groups excluding tert-OH is 1. The number of phenolic OH excluding ortho intramolecular Hbond substituents is 1. The summed E-state index contributed by atoms with van der Waals surface area (Å²) in [5, 5.41) is 24.5. The van der Waals surface area contributed by atoms with Crippen LogP contribution in [0.4, 0.5) is 0 Å². The van der Waals surface area contributed by atoms with E-state index in [1.807, 2.05) is 23.6 Å². The van der Waals surface area contributed by atoms with E-state index in [-0.39, 0.29) is 48.3 Å². The molecule has 3 N–H and O–H groups in total. The van der Waals surface area contributed by atoms with Gasteiger partial charge in [0.1, 0.15) is 12.3 Å². The number of amides is 1. The predicted octanol–water partition coefficient (Wildman–Crippen LogP) is 3.96. The van der Waals surface area contributed by atoms with E-state index in [2.05, 4.69) is 23.3 Å². The zero-order valence-electron chi connectivity index (χ0n) is 17.9. The third-order valence-electron chi connectivity index (χ3n) is 5.09. The number of Topliss-reactive ketones (excluding diaryl/α,β-unsaturated/α-hetero) is 1. The molecular formula is C25H22N2O5S. The van der Waals surface area contributed by atoms with Crippen LogP contribution in [0.5, 0.6) is 11.5 Å². The van der Waals surface area contributed by atoms with E-state index < -0.39 is 5.91 Å². The van der Waals surface area contributed by atoms with E-state index in [1.54, 1.807) is 23.5 Å². The number of ketones is 1. The van der Waals surface area contributed by atoms with Gasteiger partial charge in [0.05, 0.1) is 18.8 Å². The zero-order valence-corrected chi connectivity index (χ0v) is 18.7. The Bertz CT molecular complexity index is 1330. The second-order valence-corrected chi connectivity index (χ2v) is 8.25. The van der Waals surface area contributed by atoms with E-state index in [0.717, 1.165) is 10.9 Å². The molecule has 4 rings (SSSR count). The molecule has 0 aliphatic heterocycles. The fraction of sp³-hybridized carbons (Fsp3) is 0.160. The number of aromatic nitrogens is 1. The smallest absolute Gasteiger partial charge is 0.251 e. The summed E-state index contributed by atoms with van der Waals surface area (Å²) < 4.78 is 6.35. The monoisotopic (exact) mass is 462 g/mol. The topological polar surface area (TPSA) is 109 Å². The van der Waals surface area contributed by atoms with Crippen LogP contribution >= 0.6 is 11.3 Å². The highest BCUT2D eigenvalue weighted by Crippen LogP contribution is 2.34. The number of ether oxygens (including phenoxy) is 1. The number of nitrogens with zero attached hydrogens (tertiary/aromatic N) is 1. The van der Waals surface area contributed by atoms with Gasteiger partial charge in [-0.15, -0.1) is 11.3 Å². The van der Waals surface area contributed by atoms with E-state index >= 15 is 0 Å². The number of aromatic hydroxyl groups is 1. The van der Waals surface area contributed by atoms with Gasteiger partial charge in [0.15, 0.2) is 17.3 Å². The summed E-state index contributed by atoms with van der Waals surface area (Å²) in [6.45, 7) is 1.66. The summed E-state index contributed by atoms with van der Waals surface area (Å²) in [5.41, 5.74) is 3.30. The number of carbonyl (C=O) groups excluding carboxylic acids is 2. The van der Waals surface area contributed by atoms with Gasteiger partial charge in [0, 0.05) is 26.6 Å². The number of pyridine rings is 1. The molecule has 0 saturated carbocycles. The number of rotatable bonds is 8. The van der Waals surface area contributed by atoms with Crippen molar-refractivity contribution in [2.75, 3.05) is 19.8 Å². The minimum absolute atomic E-state index is 0.0282. The molecule has 0 spiro atoms. The molecule has 0 aliphatic rings. The Balaban J connectivity index is 1.45. The van der Waals surface area contributed by atoms with E-state index in [9.17, 15) is 14.7 Å². The van der Waals surface area contributed by atoms with Crippen molar-refractivity contribution in [3.05, 3.63) is 76.8 Å². The van der Waals surface area contributed by atoms with Crippen molar-refractivity contribution in [2.45, 2.75) is 6.92 Å². The van der Waals surface area contributed by atoms with Crippen LogP contribution in [0.1, 0.15) is 26.4 Å². The molecule has 7 nitrogen and oxygen atoms in total. The van der Waals surface area contributed by atoms with Gasteiger partial charge < -0.3 is 20.3 Å². The van der Waals surface area contributed by atoms with Crippen LogP contribution in [-0.4, -0.2) is 46.6 Å². The Hall–Kier alpha value is -3.75. The first-order chi connectivity index (χ1) is 16.0. The van der Waals surface area contributed by atoms with Crippen LogP contribution < -0.4 is 10.1 Å². The summed E-state index contributed by atoms with van der Waals surface area (Å²) in [6.07, 6.45) is 0. The first kappa shape index (κ1) is 22.4. The molecule has 0 bridgehead atoms. The quantitative estimate of drug-likeness (QED) is 0.342. The number of fused-ring (bicyclic) bond motifs is 1. The van der Waals surface area contributed by atoms with Crippen molar-refractivity contribution in [3.63, 3.8) is 0 Å². The molecule has 0 radical (unpaired) electrons. The minimum Gasteiger partial charge on any atom is -0.504 e. The Morgan fingerprint density at radius 1 is 1.12 bits per heavy atom. The van der Waals surface area contributed by atoms with E-state index in [1.165, 1.54) is 28.5 Å². The lowest BCUT2D eigenvalue weighted by atomic mass is 10.1. The van der Waals surface area contributed by atoms with Crippen molar-refractivity contribution in [3.8, 4) is 22.8 Å². The molecule has 33 heavy (non-hydrogen) atoms. The molecule has 0 unspecified atom stereocenters. The molecule has 2 aromatic heterocycles. The second-order valence-electron chi connectivity index (χ2n) is 7.37. The Labute approximate surface area is 194 Å². The molecule has 1 amide bonds. The van der Waals surface area contributed by atoms with Gasteiger partial charge in [-0.1, -0.05) is 24.3 Å². The Morgan fingerprint density at radius 3 is 2.73 bits per heavy atom. The predicted molar refractivity (Wildman–Crippen MR) is 127 cm³/mol. The van der Waals surface area contributed by atoms with Crippen LogP contribution in [0.2, 0.25) is 0 Å². The molecule has 0 saturated heterocycles. The number of aryl methyl sites for hydroxylation is 1. The first-order valence-electron chi connectivity index (χ1n) is 10.3. The van der Waals surface area contributed by atoms with Crippen molar-refractivity contribution >= 4 is 33.1 Å². The number of hydrogen-bond donors (Lipinski definition) is 3. The molecule has 0 atom stereocenters. The van der Waals surface area contributed by atoms with Crippen molar-refractivity contribution in [1.29, 1.82) is 0 Å². The highest BCUT2D eigenvalue weighted by Gasteiger charge is 2.15. The number of carbonyl (C=O) groups is 2. The molecule has 4 aromatic rings. The maximum atomic E-state index is 12.7. The lowest BCUT2D eigenvalue weighted by Crippen LogP contribution is -2.30. The van der Waals surface area contributed by atoms with Gasteiger partial charge in [0.2, 0.25) is 0 Å². The Morgan fingerprint density at radius 2 is 1.94 bits per heavy atom. The minimum atomic E-state index is -0.511. The molecule has 168 valence electrons. The SMILES string of the molecule is Cc1cccc2c(-c3cccc(C(=O)CNC(=O)c4ccc(OCCO)c(O)c4)n3)csc12. The van der Waals surface area contributed by atoms with E-state index in [0.29, 0.717) is 5.69 Å². The summed E-state index contributed by atoms with van der Waals surface area (Å²) in [6, 6.07) is 15.5. The first-order valence-corrected chi connectivity index (χ1v) is 11.2. The zero-order chi connectivity index (χ0) is 23.4. The highest BCUT2D eigenvalue weighted by molar-refractivity contribution is 7.18. The fourth-order valence-electron chi connectivity index (χ4n) is 3.43. The van der Waals surface area contributed by atoms with Crippen molar-refractivity contribution in [2.24, 2.45) is 0 Å². The number of aliphatic hydroxyl groups is 1. The molecule has 8 heteroatoms. The third-order valence-corrected chi connectivity index (χ3v) is 6.22. The summed E-state index contributed by atoms with van der Waals surface area (Å²) in [7, 11) is 0. The molecule has 0 fully saturated rings. The van der Waals surface area contributed by atoms with Crippen molar-refractivity contribution in [1.82, 2.24) is 10.3 Å². The van der Waals surface area contributed by atoms with Crippen LogP contribution in [-0.2, 0) is 0 Å². The summed E-state index contributed by atoms with van der Waals surface area (Å²) in [4.78, 5) is 29.6. The standard InChI is InChI=1S/C25H22N2O5S/c1-15-4-2-5-17-18(14-33-24(15)17)19-6-3-7-20(27-19)22(30)13-26-25(31)16-8-9-23(21(29)12-16)32-11-10-28/h2-9,12,14,28-29H,10-11,13H2,1H3,(H,26,31). The van der Waals surface area contributed by atoms with Crippen LogP contribution in [0.3, 0.4) is 0 Å². The molecule has 2 aromatic carbocycles. The normalized spacial score (nSPS) is 10.8. The molecule has 2 heterocycles. The van der Waals surface area contributed by atoms with Crippen LogP contribution in [0, 0.1) is 6.92 Å². The average Bonchev–Trinajstić information content (AvgIpc) is 3.27. The lowest BCUT2D eigenvalue weighted by molar-refractivity contribution is 0.0902. The molecular weight excluding hydrogens is 440 g/mol. The van der Waals surface area contributed by atoms with Gasteiger partial charge in [-0.3, -0.25) is 9.59 Å². The third kappa shape index (κ3) is 4.87. The van der Waals surface area contributed by atoms with Gasteiger partial charge in [-0.05, 0) is 42.8 Å². The number of nitrogens with one attached hydrogen (secondary N) is 1. The van der Waals surface area contributed by atoms with Gasteiger partial charge >= 0.3 is 0 Å². The van der Waals surface area contributed by atoms with Gasteiger partial charge in [0.25, 0.3) is 5.91 Å². The van der Waals surface area contributed by atoms with Gasteiger partial charge in [-0.25, -0.2) is 4.98 Å². The maximum Gasteiger partial charge on any atom is 0.251 e.